The number of carbonyl (C=O) groups excluding carboxylic acids is 1. The first-order valence-electron chi connectivity index (χ1n) is 7.20. The molecule has 0 aromatic heterocycles. The first-order valence-corrected chi connectivity index (χ1v) is 7.20. The zero-order valence-electron chi connectivity index (χ0n) is 11.7. The first kappa shape index (κ1) is 14.5. The summed E-state index contributed by atoms with van der Waals surface area (Å²) in [6.45, 7) is 8.31. The van der Waals surface area contributed by atoms with Gasteiger partial charge in [0.2, 0.25) is 5.91 Å². The lowest BCUT2D eigenvalue weighted by Crippen LogP contribution is -2.46. The van der Waals surface area contributed by atoms with Crippen LogP contribution in [0.25, 0.3) is 0 Å². The van der Waals surface area contributed by atoms with Gasteiger partial charge >= 0.3 is 0 Å². The normalized spacial score (nSPS) is 19.4. The average molecular weight is 240 g/mol. The lowest BCUT2D eigenvalue weighted by molar-refractivity contribution is -0.132. The van der Waals surface area contributed by atoms with Gasteiger partial charge in [-0.25, -0.2) is 0 Å². The Labute approximate surface area is 106 Å². The lowest BCUT2D eigenvalue weighted by atomic mass is 10.1. The molecule has 1 fully saturated rings. The van der Waals surface area contributed by atoms with E-state index in [0.717, 1.165) is 13.1 Å². The highest BCUT2D eigenvalue weighted by molar-refractivity contribution is 5.81. The van der Waals surface area contributed by atoms with Crippen molar-refractivity contribution in [2.24, 2.45) is 0 Å². The number of hydrogen-bond acceptors (Lipinski definition) is 2. The summed E-state index contributed by atoms with van der Waals surface area (Å²) in [5, 5.41) is 3.42. The molecule has 0 saturated carbocycles. The Morgan fingerprint density at radius 2 is 1.88 bits per heavy atom. The maximum atomic E-state index is 12.1. The average Bonchev–Trinajstić information content (AvgIpc) is 2.81. The highest BCUT2D eigenvalue weighted by Gasteiger charge is 2.23. The van der Waals surface area contributed by atoms with Crippen LogP contribution in [-0.2, 0) is 4.79 Å². The molecule has 0 bridgehead atoms. The molecule has 3 heteroatoms. The second kappa shape index (κ2) is 7.70. The molecule has 1 aliphatic rings. The summed E-state index contributed by atoms with van der Waals surface area (Å²) in [4.78, 5) is 14.1. The molecular weight excluding hydrogens is 212 g/mol. The molecule has 1 aliphatic heterocycles. The Morgan fingerprint density at radius 1 is 1.24 bits per heavy atom. The third-order valence-electron chi connectivity index (χ3n) is 3.56. The predicted octanol–water partition coefficient (Wildman–Crippen LogP) is 2.56. The molecule has 0 aromatic carbocycles. The van der Waals surface area contributed by atoms with Crippen molar-refractivity contribution in [1.29, 1.82) is 0 Å². The van der Waals surface area contributed by atoms with Crippen LogP contribution in [0.1, 0.15) is 59.3 Å². The van der Waals surface area contributed by atoms with E-state index in [1.165, 1.54) is 38.5 Å². The molecule has 100 valence electrons. The topological polar surface area (TPSA) is 32.3 Å². The van der Waals surface area contributed by atoms with E-state index in [1.807, 2.05) is 11.8 Å². The highest BCUT2D eigenvalue weighted by atomic mass is 16.2. The number of nitrogens with one attached hydrogen (secondary N) is 1. The summed E-state index contributed by atoms with van der Waals surface area (Å²) in [6, 6.07) is 0.424. The zero-order chi connectivity index (χ0) is 12.7. The lowest BCUT2D eigenvalue weighted by Gasteiger charge is -2.24. The summed E-state index contributed by atoms with van der Waals surface area (Å²) in [6.07, 6.45) is 7.32. The van der Waals surface area contributed by atoms with Crippen molar-refractivity contribution in [1.82, 2.24) is 10.2 Å². The fourth-order valence-corrected chi connectivity index (χ4v) is 2.49. The Balaban J connectivity index is 2.22. The third kappa shape index (κ3) is 5.07. The number of hydrogen-bond donors (Lipinski definition) is 1. The smallest absolute Gasteiger partial charge is 0.239 e. The summed E-state index contributed by atoms with van der Waals surface area (Å²) in [7, 11) is 0. The van der Waals surface area contributed by atoms with Gasteiger partial charge in [-0.15, -0.1) is 0 Å². The molecule has 1 heterocycles. The van der Waals surface area contributed by atoms with E-state index in [0.29, 0.717) is 6.04 Å². The van der Waals surface area contributed by atoms with Crippen LogP contribution >= 0.6 is 0 Å². The maximum absolute atomic E-state index is 12.1. The van der Waals surface area contributed by atoms with Gasteiger partial charge in [0.1, 0.15) is 0 Å². The minimum absolute atomic E-state index is 0.0234. The van der Waals surface area contributed by atoms with Gasteiger partial charge < -0.3 is 10.2 Å². The van der Waals surface area contributed by atoms with Gasteiger partial charge in [0, 0.05) is 19.1 Å². The van der Waals surface area contributed by atoms with Gasteiger partial charge in [0.25, 0.3) is 0 Å². The van der Waals surface area contributed by atoms with E-state index in [9.17, 15) is 4.79 Å². The number of unbranched alkanes of at least 4 members (excludes halogenated alkanes) is 2. The fraction of sp³-hybridized carbons (Fsp3) is 0.929. The van der Waals surface area contributed by atoms with Crippen LogP contribution < -0.4 is 5.32 Å². The maximum Gasteiger partial charge on any atom is 0.239 e. The van der Waals surface area contributed by atoms with Gasteiger partial charge in [-0.2, -0.15) is 0 Å². The van der Waals surface area contributed by atoms with Gasteiger partial charge in [0.15, 0.2) is 0 Å². The Morgan fingerprint density at radius 3 is 2.47 bits per heavy atom. The van der Waals surface area contributed by atoms with Crippen molar-refractivity contribution >= 4 is 5.91 Å². The summed E-state index contributed by atoms with van der Waals surface area (Å²) < 4.78 is 0. The van der Waals surface area contributed by atoms with E-state index in [1.54, 1.807) is 0 Å². The number of carbonyl (C=O) groups is 1. The molecule has 17 heavy (non-hydrogen) atoms. The number of nitrogens with zero attached hydrogens (tertiary/aromatic N) is 1. The molecule has 1 amide bonds. The number of amides is 1. The standard InChI is InChI=1S/C14H28N2O/c1-4-5-6-9-12(2)15-13(3)14(17)16-10-7-8-11-16/h12-13,15H,4-11H2,1-3H3. The molecule has 0 spiro atoms. The zero-order valence-corrected chi connectivity index (χ0v) is 11.7. The van der Waals surface area contributed by atoms with Crippen LogP contribution in [-0.4, -0.2) is 36.0 Å². The van der Waals surface area contributed by atoms with E-state index in [4.69, 9.17) is 0 Å². The minimum Gasteiger partial charge on any atom is -0.341 e. The first-order chi connectivity index (χ1) is 8.15. The fourth-order valence-electron chi connectivity index (χ4n) is 2.49. The van der Waals surface area contributed by atoms with Crippen molar-refractivity contribution in [3.63, 3.8) is 0 Å². The van der Waals surface area contributed by atoms with E-state index in [-0.39, 0.29) is 11.9 Å². The van der Waals surface area contributed by atoms with Crippen molar-refractivity contribution in [2.75, 3.05) is 13.1 Å². The molecule has 1 rings (SSSR count). The third-order valence-corrected chi connectivity index (χ3v) is 3.56. The van der Waals surface area contributed by atoms with E-state index in [2.05, 4.69) is 19.2 Å². The second-order valence-corrected chi connectivity index (χ2v) is 5.32. The van der Waals surface area contributed by atoms with Crippen LogP contribution in [0.5, 0.6) is 0 Å². The molecule has 1 saturated heterocycles. The van der Waals surface area contributed by atoms with Gasteiger partial charge in [-0.05, 0) is 33.1 Å². The van der Waals surface area contributed by atoms with E-state index < -0.39 is 0 Å². The highest BCUT2D eigenvalue weighted by Crippen LogP contribution is 2.10. The molecule has 1 N–H and O–H groups in total. The minimum atomic E-state index is -0.0234. The molecule has 0 radical (unpaired) electrons. The molecule has 0 aromatic rings. The summed E-state index contributed by atoms with van der Waals surface area (Å²) in [5.41, 5.74) is 0. The van der Waals surface area contributed by atoms with Crippen molar-refractivity contribution in [3.05, 3.63) is 0 Å². The van der Waals surface area contributed by atoms with Crippen molar-refractivity contribution in [3.8, 4) is 0 Å². The largest absolute Gasteiger partial charge is 0.341 e. The van der Waals surface area contributed by atoms with Crippen LogP contribution in [0, 0.1) is 0 Å². The molecular formula is C14H28N2O. The summed E-state index contributed by atoms with van der Waals surface area (Å²) >= 11 is 0. The van der Waals surface area contributed by atoms with Crippen molar-refractivity contribution < 1.29 is 4.79 Å². The van der Waals surface area contributed by atoms with Crippen molar-refractivity contribution in [2.45, 2.75) is 71.4 Å². The molecule has 2 unspecified atom stereocenters. The monoisotopic (exact) mass is 240 g/mol. The van der Waals surface area contributed by atoms with Gasteiger partial charge in [0.05, 0.1) is 6.04 Å². The van der Waals surface area contributed by atoms with Crippen LogP contribution in [0.15, 0.2) is 0 Å². The molecule has 3 nitrogen and oxygen atoms in total. The second-order valence-electron chi connectivity index (χ2n) is 5.32. The van der Waals surface area contributed by atoms with Crippen LogP contribution in [0.2, 0.25) is 0 Å². The van der Waals surface area contributed by atoms with Gasteiger partial charge in [-0.1, -0.05) is 26.2 Å². The van der Waals surface area contributed by atoms with E-state index >= 15 is 0 Å². The Kier molecular flexibility index (Phi) is 6.56. The molecule has 0 aliphatic carbocycles. The Hall–Kier alpha value is -0.570. The number of rotatable bonds is 7. The Bertz CT molecular complexity index is 224. The quantitative estimate of drug-likeness (QED) is 0.694. The predicted molar refractivity (Wildman–Crippen MR) is 72.0 cm³/mol. The SMILES string of the molecule is CCCCCC(C)NC(C)C(=O)N1CCCC1. The van der Waals surface area contributed by atoms with Crippen LogP contribution in [0.4, 0.5) is 0 Å². The summed E-state index contributed by atoms with van der Waals surface area (Å²) in [5.74, 6) is 0.282. The number of likely N-dealkylation sites (tertiary alicyclic amines) is 1. The van der Waals surface area contributed by atoms with Crippen LogP contribution in [0.3, 0.4) is 0 Å². The van der Waals surface area contributed by atoms with Gasteiger partial charge in [-0.3, -0.25) is 4.79 Å². The molecule has 2 atom stereocenters.